The van der Waals surface area contributed by atoms with Gasteiger partial charge in [-0.1, -0.05) is 30.0 Å². The molecule has 1 heterocycles. The number of phenolic OH excluding ortho intramolecular Hbond substituents is 1. The molecule has 122 valence electrons. The first kappa shape index (κ1) is 17.3. The molecule has 1 saturated heterocycles. The van der Waals surface area contributed by atoms with Crippen molar-refractivity contribution in [1.82, 2.24) is 4.90 Å². The second-order valence-corrected chi connectivity index (χ2v) is 6.40. The molecule has 2 N–H and O–H groups in total. The number of aliphatic carboxylic acids is 1. The Bertz CT molecular complexity index is 701. The maximum absolute atomic E-state index is 12.3. The Balaban J connectivity index is 2.31. The number of phenols is 1. The third kappa shape index (κ3) is 3.65. The lowest BCUT2D eigenvalue weighted by molar-refractivity contribution is -0.144. The summed E-state index contributed by atoms with van der Waals surface area (Å²) in [6.45, 7) is 3.60. The van der Waals surface area contributed by atoms with E-state index in [4.69, 9.17) is 22.1 Å². The summed E-state index contributed by atoms with van der Waals surface area (Å²) < 4.78 is 5.50. The van der Waals surface area contributed by atoms with Crippen molar-refractivity contribution in [2.75, 3.05) is 6.61 Å². The van der Waals surface area contributed by atoms with Gasteiger partial charge < -0.3 is 14.9 Å². The van der Waals surface area contributed by atoms with E-state index in [1.807, 2.05) is 0 Å². The zero-order valence-corrected chi connectivity index (χ0v) is 14.1. The van der Waals surface area contributed by atoms with Gasteiger partial charge in [-0.3, -0.25) is 9.69 Å². The van der Waals surface area contributed by atoms with Crippen LogP contribution in [0.4, 0.5) is 0 Å². The van der Waals surface area contributed by atoms with Crippen LogP contribution in [-0.4, -0.2) is 44.0 Å². The first-order valence-electron chi connectivity index (χ1n) is 6.80. The van der Waals surface area contributed by atoms with Crippen molar-refractivity contribution in [2.45, 2.75) is 19.9 Å². The van der Waals surface area contributed by atoms with E-state index in [0.717, 1.165) is 16.7 Å². The summed E-state index contributed by atoms with van der Waals surface area (Å²) in [5, 5.41) is 18.7. The molecule has 6 nitrogen and oxygen atoms in total. The Labute approximate surface area is 142 Å². The zero-order chi connectivity index (χ0) is 17.1. The molecule has 0 bridgehead atoms. The van der Waals surface area contributed by atoms with E-state index in [-0.39, 0.29) is 10.1 Å². The monoisotopic (exact) mass is 353 g/mol. The predicted molar refractivity (Wildman–Crippen MR) is 91.4 cm³/mol. The fraction of sp³-hybridized carbons (Fsp3) is 0.267. The fourth-order valence-corrected chi connectivity index (χ4v) is 3.39. The molecule has 2 rings (SSSR count). The number of hydrogen-bond donors (Lipinski definition) is 2. The van der Waals surface area contributed by atoms with Gasteiger partial charge in [0.15, 0.2) is 11.5 Å². The van der Waals surface area contributed by atoms with E-state index in [1.165, 1.54) is 13.0 Å². The van der Waals surface area contributed by atoms with Crippen molar-refractivity contribution in [3.8, 4) is 11.5 Å². The molecule has 1 unspecified atom stereocenters. The SMILES string of the molecule is CCOc1cc(/C=C2/SC(=S)N(C(C)C(=O)O)C2=O)ccc1O. The molecule has 0 spiro atoms. The smallest absolute Gasteiger partial charge is 0.326 e. The number of carboxylic acids is 1. The summed E-state index contributed by atoms with van der Waals surface area (Å²) in [5.41, 5.74) is 0.648. The van der Waals surface area contributed by atoms with Gasteiger partial charge in [0.25, 0.3) is 5.91 Å². The lowest BCUT2D eigenvalue weighted by Crippen LogP contribution is -2.41. The third-order valence-electron chi connectivity index (χ3n) is 3.15. The van der Waals surface area contributed by atoms with Crippen LogP contribution in [-0.2, 0) is 9.59 Å². The number of benzene rings is 1. The number of carbonyl (C=O) groups is 2. The molecule has 1 aromatic rings. The van der Waals surface area contributed by atoms with E-state index >= 15 is 0 Å². The second-order valence-electron chi connectivity index (χ2n) is 4.73. The van der Waals surface area contributed by atoms with E-state index in [1.54, 1.807) is 25.1 Å². The lowest BCUT2D eigenvalue weighted by Gasteiger charge is -2.18. The maximum atomic E-state index is 12.3. The highest BCUT2D eigenvalue weighted by Crippen LogP contribution is 2.35. The molecule has 0 aliphatic carbocycles. The van der Waals surface area contributed by atoms with Crippen LogP contribution in [0.25, 0.3) is 6.08 Å². The standard InChI is InChI=1S/C15H15NO5S2/c1-3-21-11-6-9(4-5-10(11)17)7-12-13(18)16(15(22)23-12)8(2)14(19)20/h4-8,17H,3H2,1-2H3,(H,19,20)/b12-7+. The summed E-state index contributed by atoms with van der Waals surface area (Å²) in [5.74, 6) is -1.24. The molecule has 1 aromatic carbocycles. The van der Waals surface area contributed by atoms with Crippen LogP contribution in [0.3, 0.4) is 0 Å². The van der Waals surface area contributed by atoms with Crippen molar-refractivity contribution in [3.05, 3.63) is 28.7 Å². The molecule has 0 radical (unpaired) electrons. The number of thiocarbonyl (C=S) groups is 1. The van der Waals surface area contributed by atoms with Gasteiger partial charge in [-0.05, 0) is 37.6 Å². The van der Waals surface area contributed by atoms with Crippen LogP contribution in [0.5, 0.6) is 11.5 Å². The number of ether oxygens (including phenoxy) is 1. The third-order valence-corrected chi connectivity index (χ3v) is 4.48. The second kappa shape index (κ2) is 7.01. The molecule has 1 aliphatic rings. The van der Waals surface area contributed by atoms with Gasteiger partial charge in [-0.25, -0.2) is 4.79 Å². The fourth-order valence-electron chi connectivity index (χ4n) is 1.97. The van der Waals surface area contributed by atoms with Crippen LogP contribution in [0.15, 0.2) is 23.1 Å². The summed E-state index contributed by atoms with van der Waals surface area (Å²) in [6, 6.07) is 3.68. The number of carbonyl (C=O) groups excluding carboxylic acids is 1. The average Bonchev–Trinajstić information content (AvgIpc) is 2.76. The van der Waals surface area contributed by atoms with Gasteiger partial charge in [0.1, 0.15) is 10.4 Å². The highest BCUT2D eigenvalue weighted by Gasteiger charge is 2.38. The van der Waals surface area contributed by atoms with Crippen molar-refractivity contribution >= 4 is 46.3 Å². The van der Waals surface area contributed by atoms with Gasteiger partial charge in [0.05, 0.1) is 11.5 Å². The Kier molecular flexibility index (Phi) is 5.27. The maximum Gasteiger partial charge on any atom is 0.326 e. The first-order chi connectivity index (χ1) is 10.8. The molecular weight excluding hydrogens is 338 g/mol. The summed E-state index contributed by atoms with van der Waals surface area (Å²) in [6.07, 6.45) is 1.59. The van der Waals surface area contributed by atoms with Crippen LogP contribution >= 0.6 is 24.0 Å². The number of carboxylic acid groups (broad SMARTS) is 1. The molecule has 8 heteroatoms. The van der Waals surface area contributed by atoms with E-state index in [0.29, 0.717) is 22.8 Å². The van der Waals surface area contributed by atoms with Gasteiger partial charge in [0, 0.05) is 0 Å². The molecule has 0 aromatic heterocycles. The van der Waals surface area contributed by atoms with Crippen LogP contribution in [0.2, 0.25) is 0 Å². The summed E-state index contributed by atoms with van der Waals surface area (Å²) >= 11 is 6.14. The Morgan fingerprint density at radius 2 is 2.22 bits per heavy atom. The largest absolute Gasteiger partial charge is 0.504 e. The van der Waals surface area contributed by atoms with Crippen molar-refractivity contribution < 1.29 is 24.5 Å². The number of thioether (sulfide) groups is 1. The number of amides is 1. The Morgan fingerprint density at radius 3 is 2.83 bits per heavy atom. The van der Waals surface area contributed by atoms with Crippen LogP contribution in [0, 0.1) is 0 Å². The highest BCUT2D eigenvalue weighted by atomic mass is 32.2. The minimum atomic E-state index is -1.12. The number of nitrogens with zero attached hydrogens (tertiary/aromatic N) is 1. The lowest BCUT2D eigenvalue weighted by atomic mass is 10.2. The highest BCUT2D eigenvalue weighted by molar-refractivity contribution is 8.26. The molecular formula is C15H15NO5S2. The van der Waals surface area contributed by atoms with Crippen LogP contribution < -0.4 is 4.74 Å². The zero-order valence-electron chi connectivity index (χ0n) is 12.5. The summed E-state index contributed by atoms with van der Waals surface area (Å²) in [4.78, 5) is 24.8. The van der Waals surface area contributed by atoms with Gasteiger partial charge in [-0.2, -0.15) is 0 Å². The molecule has 1 fully saturated rings. The molecule has 1 atom stereocenters. The number of hydrogen-bond acceptors (Lipinski definition) is 6. The van der Waals surface area contributed by atoms with E-state index in [9.17, 15) is 14.7 Å². The Morgan fingerprint density at radius 1 is 1.52 bits per heavy atom. The molecule has 23 heavy (non-hydrogen) atoms. The normalized spacial score (nSPS) is 17.7. The number of rotatable bonds is 5. The minimum Gasteiger partial charge on any atom is -0.504 e. The molecule has 1 aliphatic heterocycles. The van der Waals surface area contributed by atoms with Gasteiger partial charge in [0.2, 0.25) is 0 Å². The van der Waals surface area contributed by atoms with Crippen molar-refractivity contribution in [3.63, 3.8) is 0 Å². The minimum absolute atomic E-state index is 0.0102. The topological polar surface area (TPSA) is 87.1 Å². The quantitative estimate of drug-likeness (QED) is 0.621. The van der Waals surface area contributed by atoms with Crippen molar-refractivity contribution in [1.29, 1.82) is 0 Å². The summed E-state index contributed by atoms with van der Waals surface area (Å²) in [7, 11) is 0. The van der Waals surface area contributed by atoms with Gasteiger partial charge >= 0.3 is 5.97 Å². The Hall–Kier alpha value is -2.06. The molecule has 0 saturated carbocycles. The number of aromatic hydroxyl groups is 1. The van der Waals surface area contributed by atoms with Crippen molar-refractivity contribution in [2.24, 2.45) is 0 Å². The predicted octanol–water partition coefficient (Wildman–Crippen LogP) is 2.47. The van der Waals surface area contributed by atoms with E-state index in [2.05, 4.69) is 0 Å². The first-order valence-corrected chi connectivity index (χ1v) is 8.03. The average molecular weight is 353 g/mol. The van der Waals surface area contributed by atoms with Crippen LogP contribution in [0.1, 0.15) is 19.4 Å². The van der Waals surface area contributed by atoms with E-state index < -0.39 is 17.9 Å². The van der Waals surface area contributed by atoms with Gasteiger partial charge in [-0.15, -0.1) is 0 Å². The molecule has 1 amide bonds.